The van der Waals surface area contributed by atoms with Crippen LogP contribution in [0.5, 0.6) is 0 Å². The van der Waals surface area contributed by atoms with Crippen LogP contribution in [0.3, 0.4) is 0 Å². The van der Waals surface area contributed by atoms with Gasteiger partial charge in [0.15, 0.2) is 0 Å². The Bertz CT molecular complexity index is 692. The van der Waals surface area contributed by atoms with Crippen LogP contribution in [0.25, 0.3) is 0 Å². The van der Waals surface area contributed by atoms with Crippen molar-refractivity contribution in [2.45, 2.75) is 0 Å². The van der Waals surface area contributed by atoms with Gasteiger partial charge in [-0.1, -0.05) is 24.3 Å². The van der Waals surface area contributed by atoms with Crippen molar-refractivity contribution in [1.82, 2.24) is 0 Å². The number of benzene rings is 2. The van der Waals surface area contributed by atoms with E-state index in [1.165, 1.54) is 0 Å². The minimum atomic E-state index is -0.550. The van der Waals surface area contributed by atoms with Crippen molar-refractivity contribution in [3.05, 3.63) is 85.6 Å². The number of carbonyl (C=O) groups excluding carboxylic acids is 4. The third-order valence-electron chi connectivity index (χ3n) is 3.10. The van der Waals surface area contributed by atoms with Gasteiger partial charge < -0.3 is 24.3 Å². The maximum atomic E-state index is 10.8. The van der Waals surface area contributed by atoms with E-state index in [-0.39, 0.29) is 66.2 Å². The van der Waals surface area contributed by atoms with Crippen molar-refractivity contribution in [2.75, 3.05) is 0 Å². The topological polar surface area (TPSA) is 86.7 Å². The van der Waals surface area contributed by atoms with E-state index in [9.17, 15) is 19.2 Å². The van der Waals surface area contributed by atoms with Gasteiger partial charge in [0.2, 0.25) is 0 Å². The number of fused-ring (bicyclic) bond motifs is 2. The largest absolute Gasteiger partial charge is 1.00 e. The van der Waals surface area contributed by atoms with Gasteiger partial charge in [-0.25, -0.2) is 19.2 Å². The molecular weight excluding hydrogens is 351 g/mol. The molecule has 2 aliphatic rings. The second kappa shape index (κ2) is 9.74. The molecule has 124 valence electrons. The number of hydrogen-bond donors (Lipinski definition) is 0. The first-order valence-corrected chi connectivity index (χ1v) is 6.29. The van der Waals surface area contributed by atoms with Gasteiger partial charge in [-0.3, -0.25) is 0 Å². The molecule has 7 heteroatoms. The van der Waals surface area contributed by atoms with E-state index in [1.807, 2.05) is 0 Å². The monoisotopic (exact) mass is 365 g/mol. The van der Waals surface area contributed by atoms with Gasteiger partial charge in [0.1, 0.15) is 0 Å². The third kappa shape index (κ3) is 4.71. The van der Waals surface area contributed by atoms with Crippen molar-refractivity contribution in [1.29, 1.82) is 0 Å². The molecule has 0 bridgehead atoms. The van der Waals surface area contributed by atoms with Crippen LogP contribution in [0.15, 0.2) is 48.5 Å². The van der Waals surface area contributed by atoms with Crippen molar-refractivity contribution >= 4 is 23.9 Å². The molecular formula is C18H14KO6-. The van der Waals surface area contributed by atoms with Gasteiger partial charge >= 0.3 is 75.3 Å². The minimum absolute atomic E-state index is 0. The summed E-state index contributed by atoms with van der Waals surface area (Å²) in [6, 6.07) is 13.1. The molecule has 2 aliphatic heterocycles. The molecule has 2 heterocycles. The van der Waals surface area contributed by atoms with Gasteiger partial charge in [0.25, 0.3) is 0 Å². The molecule has 2 aromatic carbocycles. The molecule has 25 heavy (non-hydrogen) atoms. The van der Waals surface area contributed by atoms with Gasteiger partial charge in [-0.15, -0.1) is 0 Å². The average Bonchev–Trinajstić information content (AvgIpc) is 2.99. The van der Waals surface area contributed by atoms with Gasteiger partial charge in [0, 0.05) is 0 Å². The maximum Gasteiger partial charge on any atom is 1.00 e. The molecule has 0 N–H and O–H groups in total. The summed E-state index contributed by atoms with van der Waals surface area (Å²) < 4.78 is 8.71. The Kier molecular flexibility index (Phi) is 9.10. The number of rotatable bonds is 0. The van der Waals surface area contributed by atoms with Gasteiger partial charge in [-0.05, 0) is 24.3 Å². The molecule has 0 amide bonds. The minimum Gasteiger partial charge on any atom is -0.386 e. The van der Waals surface area contributed by atoms with E-state index in [2.05, 4.69) is 9.47 Å². The maximum absolute atomic E-state index is 10.8. The summed E-state index contributed by atoms with van der Waals surface area (Å²) in [6.07, 6.45) is 0. The number of ether oxygens (including phenoxy) is 2. The summed E-state index contributed by atoms with van der Waals surface area (Å²) in [5.74, 6) is -2.20. The fourth-order valence-electron chi connectivity index (χ4n) is 2.07. The molecule has 0 spiro atoms. The zero-order valence-electron chi connectivity index (χ0n) is 14.1. The Labute approximate surface area is 187 Å². The number of carbonyl (C=O) groups is 4. The molecule has 0 radical (unpaired) electrons. The first kappa shape index (κ1) is 23.4. The average molecular weight is 365 g/mol. The zero-order valence-corrected chi connectivity index (χ0v) is 17.2. The SMILES string of the molecule is O=C1OC(=O)c2ccccc21.O=C1OC(=O)c2ccccc21.[CH3-].[CH3-].[K+]. The number of esters is 4. The predicted octanol–water partition coefficient (Wildman–Crippen LogP) is -0.101. The molecule has 0 aliphatic carbocycles. The van der Waals surface area contributed by atoms with E-state index in [0.717, 1.165) is 0 Å². The molecule has 0 unspecified atom stereocenters. The predicted molar refractivity (Wildman–Crippen MR) is 85.2 cm³/mol. The van der Waals surface area contributed by atoms with Crippen LogP contribution in [-0.2, 0) is 9.47 Å². The fourth-order valence-corrected chi connectivity index (χ4v) is 2.07. The smallest absolute Gasteiger partial charge is 0.386 e. The summed E-state index contributed by atoms with van der Waals surface area (Å²) in [7, 11) is 0. The molecule has 4 rings (SSSR count). The number of cyclic esters (lactones) is 4. The van der Waals surface area contributed by atoms with Crippen LogP contribution >= 0.6 is 0 Å². The molecule has 0 saturated carbocycles. The Morgan fingerprint density at radius 1 is 0.480 bits per heavy atom. The van der Waals surface area contributed by atoms with Gasteiger partial charge in [-0.2, -0.15) is 0 Å². The van der Waals surface area contributed by atoms with Crippen molar-refractivity contribution in [3.8, 4) is 0 Å². The van der Waals surface area contributed by atoms with Crippen molar-refractivity contribution < 1.29 is 80.0 Å². The zero-order chi connectivity index (χ0) is 15.7. The van der Waals surface area contributed by atoms with E-state index < -0.39 is 23.9 Å². The molecule has 2 aromatic rings. The van der Waals surface area contributed by atoms with E-state index in [0.29, 0.717) is 22.3 Å². The first-order chi connectivity index (χ1) is 10.6. The van der Waals surface area contributed by atoms with Crippen LogP contribution in [0, 0.1) is 14.9 Å². The van der Waals surface area contributed by atoms with Crippen LogP contribution in [-0.4, -0.2) is 23.9 Å². The van der Waals surface area contributed by atoms with Crippen molar-refractivity contribution in [2.24, 2.45) is 0 Å². The quantitative estimate of drug-likeness (QED) is 0.280. The Hall–Kier alpha value is -1.64. The summed E-state index contributed by atoms with van der Waals surface area (Å²) in [5, 5.41) is 0. The summed E-state index contributed by atoms with van der Waals surface area (Å²) >= 11 is 0. The fraction of sp³-hybridized carbons (Fsp3) is 0. The van der Waals surface area contributed by atoms with Crippen LogP contribution in [0.2, 0.25) is 0 Å². The Morgan fingerprint density at radius 3 is 0.880 bits per heavy atom. The Morgan fingerprint density at radius 2 is 0.680 bits per heavy atom. The normalized spacial score (nSPS) is 12.8. The molecule has 0 fully saturated rings. The van der Waals surface area contributed by atoms with Crippen LogP contribution in [0.4, 0.5) is 0 Å². The molecule has 0 atom stereocenters. The van der Waals surface area contributed by atoms with Crippen molar-refractivity contribution in [3.63, 3.8) is 0 Å². The summed E-state index contributed by atoms with van der Waals surface area (Å²) in [5.41, 5.74) is 1.44. The molecule has 6 nitrogen and oxygen atoms in total. The molecule has 0 aromatic heterocycles. The van der Waals surface area contributed by atoms with Gasteiger partial charge in [0.05, 0.1) is 22.3 Å². The van der Waals surface area contributed by atoms with E-state index in [4.69, 9.17) is 0 Å². The van der Waals surface area contributed by atoms with Crippen LogP contribution in [0.1, 0.15) is 41.4 Å². The van der Waals surface area contributed by atoms with Crippen LogP contribution < -0.4 is 51.4 Å². The summed E-state index contributed by atoms with van der Waals surface area (Å²) in [6.45, 7) is 0. The third-order valence-corrected chi connectivity index (χ3v) is 3.10. The van der Waals surface area contributed by atoms with E-state index in [1.54, 1.807) is 48.5 Å². The standard InChI is InChI=1S/2C8H4O3.2CH3.K/c2*9-7-5-3-1-2-4-6(5)8(10)11-7;;;/h2*1-4H;2*1H3;/q;;2*-1;+1. The molecule has 0 saturated heterocycles. The summed E-state index contributed by atoms with van der Waals surface area (Å²) in [4.78, 5) is 43.3. The number of hydrogen-bond acceptors (Lipinski definition) is 6. The Balaban J connectivity index is 0.000000411. The van der Waals surface area contributed by atoms with E-state index >= 15 is 0 Å². The second-order valence-corrected chi connectivity index (χ2v) is 4.45. The second-order valence-electron chi connectivity index (χ2n) is 4.45. The first-order valence-electron chi connectivity index (χ1n) is 6.29.